The summed E-state index contributed by atoms with van der Waals surface area (Å²) in [6, 6.07) is 8.16. The molecule has 1 amide bonds. The van der Waals surface area contributed by atoms with Crippen molar-refractivity contribution in [2.24, 2.45) is 0 Å². The van der Waals surface area contributed by atoms with E-state index in [1.807, 2.05) is 17.0 Å². The normalized spacial score (nSPS) is 15.2. The Bertz CT molecular complexity index is 473. The zero-order valence-electron chi connectivity index (χ0n) is 11.7. The number of hydrogen-bond donors (Lipinski definition) is 1. The number of amides is 1. The van der Waals surface area contributed by atoms with Crippen LogP contribution in [0.3, 0.4) is 0 Å². The van der Waals surface area contributed by atoms with Crippen LogP contribution in [0.25, 0.3) is 0 Å². The van der Waals surface area contributed by atoms with Gasteiger partial charge in [-0.2, -0.15) is 0 Å². The van der Waals surface area contributed by atoms with Gasteiger partial charge in [0, 0.05) is 19.5 Å². The lowest BCUT2D eigenvalue weighted by Crippen LogP contribution is -2.49. The number of hydrogen-bond acceptors (Lipinski definition) is 3. The Morgan fingerprint density at radius 3 is 2.75 bits per heavy atom. The molecule has 1 aliphatic rings. The first-order valence-electron chi connectivity index (χ1n) is 6.99. The van der Waals surface area contributed by atoms with Gasteiger partial charge in [0.2, 0.25) is 5.91 Å². The fraction of sp³-hybridized carbons (Fsp3) is 0.467. The Morgan fingerprint density at radius 2 is 2.10 bits per heavy atom. The number of thiocarbonyl (C=S) groups is 1. The first kappa shape index (κ1) is 14.8. The molecule has 0 aromatic heterocycles. The summed E-state index contributed by atoms with van der Waals surface area (Å²) in [6.45, 7) is 4.38. The molecule has 1 heterocycles. The van der Waals surface area contributed by atoms with E-state index in [1.54, 1.807) is 0 Å². The molecule has 0 radical (unpaired) electrons. The Labute approximate surface area is 125 Å². The summed E-state index contributed by atoms with van der Waals surface area (Å²) in [6.07, 6.45) is 2.44. The van der Waals surface area contributed by atoms with Crippen molar-refractivity contribution in [2.45, 2.75) is 26.2 Å². The molecular weight excluding hydrogens is 272 g/mol. The SMILES string of the molecule is CCCOc1ccc(CCN2CCC(=O)NC2=S)cc1. The van der Waals surface area contributed by atoms with Crippen molar-refractivity contribution >= 4 is 23.2 Å². The highest BCUT2D eigenvalue weighted by atomic mass is 32.1. The summed E-state index contributed by atoms with van der Waals surface area (Å²) in [7, 11) is 0. The quantitative estimate of drug-likeness (QED) is 0.816. The van der Waals surface area contributed by atoms with E-state index < -0.39 is 0 Å². The Balaban J connectivity index is 1.81. The third-order valence-corrected chi connectivity index (χ3v) is 3.57. The van der Waals surface area contributed by atoms with Crippen molar-refractivity contribution in [3.8, 4) is 5.75 Å². The number of ether oxygens (including phenoxy) is 1. The van der Waals surface area contributed by atoms with Gasteiger partial charge in [0.25, 0.3) is 0 Å². The second-order valence-corrected chi connectivity index (χ2v) is 5.22. The molecule has 20 heavy (non-hydrogen) atoms. The lowest BCUT2D eigenvalue weighted by molar-refractivity contribution is -0.120. The van der Waals surface area contributed by atoms with Crippen LogP contribution in [0, 0.1) is 0 Å². The molecule has 0 spiro atoms. The molecule has 0 bridgehead atoms. The summed E-state index contributed by atoms with van der Waals surface area (Å²) < 4.78 is 5.55. The fourth-order valence-corrected chi connectivity index (χ4v) is 2.34. The highest BCUT2D eigenvalue weighted by molar-refractivity contribution is 7.80. The second-order valence-electron chi connectivity index (χ2n) is 4.83. The van der Waals surface area contributed by atoms with Gasteiger partial charge in [0.1, 0.15) is 5.75 Å². The van der Waals surface area contributed by atoms with Gasteiger partial charge in [-0.3, -0.25) is 4.79 Å². The lowest BCUT2D eigenvalue weighted by Gasteiger charge is -2.29. The van der Waals surface area contributed by atoms with E-state index in [0.29, 0.717) is 18.1 Å². The maximum atomic E-state index is 11.2. The van der Waals surface area contributed by atoms with Crippen molar-refractivity contribution in [1.29, 1.82) is 0 Å². The molecule has 4 nitrogen and oxygen atoms in total. The highest BCUT2D eigenvalue weighted by Gasteiger charge is 2.18. The molecule has 1 saturated heterocycles. The average Bonchev–Trinajstić information content (AvgIpc) is 2.45. The summed E-state index contributed by atoms with van der Waals surface area (Å²) in [5.74, 6) is 0.931. The van der Waals surface area contributed by atoms with E-state index in [1.165, 1.54) is 5.56 Å². The van der Waals surface area contributed by atoms with Gasteiger partial charge >= 0.3 is 0 Å². The van der Waals surface area contributed by atoms with Crippen LogP contribution in [0.15, 0.2) is 24.3 Å². The first-order chi connectivity index (χ1) is 9.69. The predicted octanol–water partition coefficient (Wildman–Crippen LogP) is 2.12. The molecule has 0 atom stereocenters. The third kappa shape index (κ3) is 4.20. The maximum absolute atomic E-state index is 11.2. The van der Waals surface area contributed by atoms with Crippen molar-refractivity contribution < 1.29 is 9.53 Å². The highest BCUT2D eigenvalue weighted by Crippen LogP contribution is 2.13. The molecule has 1 aromatic rings. The summed E-state index contributed by atoms with van der Waals surface area (Å²) in [5, 5.41) is 3.24. The van der Waals surface area contributed by atoms with Crippen LogP contribution in [-0.4, -0.2) is 35.6 Å². The van der Waals surface area contributed by atoms with E-state index in [0.717, 1.165) is 31.7 Å². The van der Waals surface area contributed by atoms with Crippen LogP contribution >= 0.6 is 12.2 Å². The van der Waals surface area contributed by atoms with Gasteiger partial charge in [0.15, 0.2) is 5.11 Å². The largest absolute Gasteiger partial charge is 0.494 e. The number of benzene rings is 1. The molecular formula is C15H20N2O2S. The van der Waals surface area contributed by atoms with Crippen LogP contribution in [0.5, 0.6) is 5.75 Å². The monoisotopic (exact) mass is 292 g/mol. The Kier molecular flexibility index (Phi) is 5.35. The number of nitrogens with one attached hydrogen (secondary N) is 1. The lowest BCUT2D eigenvalue weighted by atomic mass is 10.1. The number of nitrogens with zero attached hydrogens (tertiary/aromatic N) is 1. The van der Waals surface area contributed by atoms with Crippen molar-refractivity contribution in [1.82, 2.24) is 10.2 Å². The van der Waals surface area contributed by atoms with Crippen LogP contribution in [-0.2, 0) is 11.2 Å². The van der Waals surface area contributed by atoms with Gasteiger partial charge in [-0.05, 0) is 42.8 Å². The molecule has 1 N–H and O–H groups in total. The van der Waals surface area contributed by atoms with Gasteiger partial charge in [-0.15, -0.1) is 0 Å². The second kappa shape index (κ2) is 7.24. The van der Waals surface area contributed by atoms with Gasteiger partial charge in [-0.25, -0.2) is 0 Å². The minimum atomic E-state index is 0.0173. The number of rotatable bonds is 6. The minimum Gasteiger partial charge on any atom is -0.494 e. The zero-order valence-corrected chi connectivity index (χ0v) is 12.5. The average molecular weight is 292 g/mol. The van der Waals surface area contributed by atoms with Crippen LogP contribution in [0.4, 0.5) is 0 Å². The van der Waals surface area contributed by atoms with E-state index in [2.05, 4.69) is 24.4 Å². The van der Waals surface area contributed by atoms with E-state index in [-0.39, 0.29) is 5.91 Å². The van der Waals surface area contributed by atoms with Gasteiger partial charge in [-0.1, -0.05) is 19.1 Å². The molecule has 1 fully saturated rings. The van der Waals surface area contributed by atoms with Crippen molar-refractivity contribution in [2.75, 3.05) is 19.7 Å². The molecule has 5 heteroatoms. The van der Waals surface area contributed by atoms with Crippen molar-refractivity contribution in [3.63, 3.8) is 0 Å². The predicted molar refractivity (Wildman–Crippen MR) is 82.9 cm³/mol. The smallest absolute Gasteiger partial charge is 0.227 e. The molecule has 0 saturated carbocycles. The molecule has 0 unspecified atom stereocenters. The minimum absolute atomic E-state index is 0.0173. The number of carbonyl (C=O) groups is 1. The summed E-state index contributed by atoms with van der Waals surface area (Å²) >= 11 is 5.16. The number of carbonyl (C=O) groups excluding carboxylic acids is 1. The van der Waals surface area contributed by atoms with Gasteiger partial charge < -0.3 is 15.0 Å². The molecule has 108 valence electrons. The van der Waals surface area contributed by atoms with Crippen LogP contribution < -0.4 is 10.1 Å². The third-order valence-electron chi connectivity index (χ3n) is 3.21. The van der Waals surface area contributed by atoms with Crippen molar-refractivity contribution in [3.05, 3.63) is 29.8 Å². The van der Waals surface area contributed by atoms with E-state index >= 15 is 0 Å². The van der Waals surface area contributed by atoms with Crippen LogP contribution in [0.1, 0.15) is 25.3 Å². The summed E-state index contributed by atoms with van der Waals surface area (Å²) in [5.41, 5.74) is 1.24. The molecule has 1 aliphatic heterocycles. The van der Waals surface area contributed by atoms with E-state index in [9.17, 15) is 4.79 Å². The maximum Gasteiger partial charge on any atom is 0.227 e. The van der Waals surface area contributed by atoms with Crippen LogP contribution in [0.2, 0.25) is 0 Å². The fourth-order valence-electron chi connectivity index (χ4n) is 2.05. The zero-order chi connectivity index (χ0) is 14.4. The molecule has 0 aliphatic carbocycles. The standard InChI is InChI=1S/C15H20N2O2S/c1-2-11-19-13-5-3-12(4-6-13)7-9-17-10-8-14(18)16-15(17)20/h3-6H,2,7-11H2,1H3,(H,16,18,20). The molecule has 2 rings (SSSR count). The topological polar surface area (TPSA) is 41.6 Å². The molecule has 1 aromatic carbocycles. The Morgan fingerprint density at radius 1 is 1.35 bits per heavy atom. The van der Waals surface area contributed by atoms with Gasteiger partial charge in [0.05, 0.1) is 6.61 Å². The Hall–Kier alpha value is -1.62. The van der Waals surface area contributed by atoms with E-state index in [4.69, 9.17) is 17.0 Å². The first-order valence-corrected chi connectivity index (χ1v) is 7.40. The summed E-state index contributed by atoms with van der Waals surface area (Å²) in [4.78, 5) is 13.2.